The summed E-state index contributed by atoms with van der Waals surface area (Å²) < 4.78 is 21.9. The summed E-state index contributed by atoms with van der Waals surface area (Å²) >= 11 is 0. The number of ether oxygens (including phenoxy) is 4. The van der Waals surface area contributed by atoms with E-state index in [9.17, 15) is 0 Å². The second-order valence-corrected chi connectivity index (χ2v) is 4.54. The Labute approximate surface area is 125 Å². The summed E-state index contributed by atoms with van der Waals surface area (Å²) in [5.41, 5.74) is 2.81. The van der Waals surface area contributed by atoms with Gasteiger partial charge in [-0.15, -0.1) is 0 Å². The number of hydrogen-bond acceptors (Lipinski definition) is 4. The van der Waals surface area contributed by atoms with E-state index in [1.54, 1.807) is 28.4 Å². The molecule has 0 amide bonds. The molecule has 0 spiro atoms. The Hall–Kier alpha value is -2.36. The minimum absolute atomic E-state index is 0.671. The molecule has 112 valence electrons. The van der Waals surface area contributed by atoms with E-state index in [2.05, 4.69) is 0 Å². The first-order valence-corrected chi connectivity index (χ1v) is 6.60. The summed E-state index contributed by atoms with van der Waals surface area (Å²) in [5.74, 6) is 2.75. The van der Waals surface area contributed by atoms with Gasteiger partial charge in [0, 0.05) is 11.1 Å². The van der Waals surface area contributed by atoms with Gasteiger partial charge in [0.1, 0.15) is 0 Å². The van der Waals surface area contributed by atoms with Gasteiger partial charge < -0.3 is 18.9 Å². The molecule has 0 unspecified atom stereocenters. The topological polar surface area (TPSA) is 36.9 Å². The van der Waals surface area contributed by atoms with Crippen molar-refractivity contribution in [2.45, 2.75) is 6.92 Å². The zero-order chi connectivity index (χ0) is 15.4. The van der Waals surface area contributed by atoms with Crippen molar-refractivity contribution in [3.8, 4) is 34.1 Å². The van der Waals surface area contributed by atoms with Gasteiger partial charge in [0.2, 0.25) is 0 Å². The van der Waals surface area contributed by atoms with Gasteiger partial charge in [-0.25, -0.2) is 0 Å². The number of hydrogen-bond donors (Lipinski definition) is 0. The number of para-hydroxylation sites is 1. The van der Waals surface area contributed by atoms with E-state index >= 15 is 0 Å². The number of benzene rings is 2. The second kappa shape index (κ2) is 6.39. The van der Waals surface area contributed by atoms with E-state index in [0.717, 1.165) is 22.4 Å². The molecule has 2 aromatic rings. The van der Waals surface area contributed by atoms with Crippen molar-refractivity contribution in [2.75, 3.05) is 28.4 Å². The molecule has 0 heterocycles. The number of aryl methyl sites for hydroxylation is 1. The molecular formula is C17H20O4. The van der Waals surface area contributed by atoms with Gasteiger partial charge in [-0.05, 0) is 24.6 Å². The van der Waals surface area contributed by atoms with Gasteiger partial charge >= 0.3 is 0 Å². The van der Waals surface area contributed by atoms with Crippen LogP contribution >= 0.6 is 0 Å². The largest absolute Gasteiger partial charge is 0.493 e. The van der Waals surface area contributed by atoms with Crippen molar-refractivity contribution < 1.29 is 18.9 Å². The number of methoxy groups -OCH3 is 4. The van der Waals surface area contributed by atoms with Crippen LogP contribution in [0.4, 0.5) is 0 Å². The molecule has 0 aliphatic carbocycles. The third kappa shape index (κ3) is 2.61. The molecule has 0 saturated carbocycles. The first kappa shape index (κ1) is 15.0. The SMILES string of the molecule is COc1cccc(-c2ccc(C)c(OC)c2OC)c1OC. The quantitative estimate of drug-likeness (QED) is 0.840. The Balaban J connectivity index is 2.73. The molecule has 4 nitrogen and oxygen atoms in total. The second-order valence-electron chi connectivity index (χ2n) is 4.54. The lowest BCUT2D eigenvalue weighted by Crippen LogP contribution is -1.98. The molecule has 0 bridgehead atoms. The van der Waals surface area contributed by atoms with E-state index in [-0.39, 0.29) is 0 Å². The molecule has 0 aliphatic heterocycles. The highest BCUT2D eigenvalue weighted by atomic mass is 16.5. The monoisotopic (exact) mass is 288 g/mol. The predicted octanol–water partition coefficient (Wildman–Crippen LogP) is 3.70. The van der Waals surface area contributed by atoms with Crippen LogP contribution in [0.25, 0.3) is 11.1 Å². The minimum Gasteiger partial charge on any atom is -0.493 e. The first-order chi connectivity index (χ1) is 10.2. The van der Waals surface area contributed by atoms with E-state index in [1.165, 1.54) is 0 Å². The average molecular weight is 288 g/mol. The molecular weight excluding hydrogens is 268 g/mol. The Bertz CT molecular complexity index is 635. The predicted molar refractivity (Wildman–Crippen MR) is 82.8 cm³/mol. The molecule has 2 aromatic carbocycles. The van der Waals surface area contributed by atoms with Crippen LogP contribution in [0.1, 0.15) is 5.56 Å². The normalized spacial score (nSPS) is 10.1. The summed E-state index contributed by atoms with van der Waals surface area (Å²) in [7, 11) is 6.51. The fraction of sp³-hybridized carbons (Fsp3) is 0.294. The first-order valence-electron chi connectivity index (χ1n) is 6.60. The van der Waals surface area contributed by atoms with E-state index in [1.807, 2.05) is 37.3 Å². The molecule has 0 fully saturated rings. The highest BCUT2D eigenvalue weighted by Gasteiger charge is 2.19. The molecule has 4 heteroatoms. The van der Waals surface area contributed by atoms with Crippen molar-refractivity contribution in [1.29, 1.82) is 0 Å². The fourth-order valence-corrected chi connectivity index (χ4v) is 2.43. The number of rotatable bonds is 5. The zero-order valence-corrected chi connectivity index (χ0v) is 13.0. The van der Waals surface area contributed by atoms with E-state index in [4.69, 9.17) is 18.9 Å². The minimum atomic E-state index is 0.671. The third-order valence-corrected chi connectivity index (χ3v) is 3.41. The summed E-state index contributed by atoms with van der Waals surface area (Å²) in [6.07, 6.45) is 0. The third-order valence-electron chi connectivity index (χ3n) is 3.41. The maximum absolute atomic E-state index is 5.55. The molecule has 0 atom stereocenters. The van der Waals surface area contributed by atoms with Crippen LogP contribution in [0.3, 0.4) is 0 Å². The molecule has 0 saturated heterocycles. The van der Waals surface area contributed by atoms with Crippen LogP contribution in [0.5, 0.6) is 23.0 Å². The molecule has 2 rings (SSSR count). The van der Waals surface area contributed by atoms with Crippen molar-refractivity contribution >= 4 is 0 Å². The molecule has 21 heavy (non-hydrogen) atoms. The van der Waals surface area contributed by atoms with E-state index < -0.39 is 0 Å². The lowest BCUT2D eigenvalue weighted by atomic mass is 10.0. The highest BCUT2D eigenvalue weighted by molar-refractivity contribution is 5.81. The van der Waals surface area contributed by atoms with Gasteiger partial charge in [-0.2, -0.15) is 0 Å². The van der Waals surface area contributed by atoms with Gasteiger partial charge in [-0.1, -0.05) is 18.2 Å². The van der Waals surface area contributed by atoms with Crippen LogP contribution in [0.2, 0.25) is 0 Å². The van der Waals surface area contributed by atoms with Crippen LogP contribution in [-0.4, -0.2) is 28.4 Å². The summed E-state index contributed by atoms with van der Waals surface area (Å²) in [4.78, 5) is 0. The fourth-order valence-electron chi connectivity index (χ4n) is 2.43. The van der Waals surface area contributed by atoms with Gasteiger partial charge in [-0.3, -0.25) is 0 Å². The van der Waals surface area contributed by atoms with Crippen LogP contribution in [0, 0.1) is 6.92 Å². The average Bonchev–Trinajstić information content (AvgIpc) is 2.53. The van der Waals surface area contributed by atoms with E-state index in [0.29, 0.717) is 17.2 Å². The summed E-state index contributed by atoms with van der Waals surface area (Å²) in [6.45, 7) is 1.98. The molecule has 0 radical (unpaired) electrons. The molecule has 0 N–H and O–H groups in total. The van der Waals surface area contributed by atoms with Gasteiger partial charge in [0.15, 0.2) is 23.0 Å². The maximum atomic E-state index is 5.55. The maximum Gasteiger partial charge on any atom is 0.168 e. The van der Waals surface area contributed by atoms with Crippen molar-refractivity contribution in [3.63, 3.8) is 0 Å². The summed E-state index contributed by atoms with van der Waals surface area (Å²) in [5, 5.41) is 0. The standard InChI is InChI=1S/C17H20O4/c1-11-9-10-13(17(21-5)15(11)19-3)12-7-6-8-14(18-2)16(12)20-4/h6-10H,1-5H3. The Kier molecular flexibility index (Phi) is 4.58. The lowest BCUT2D eigenvalue weighted by Gasteiger charge is -2.18. The lowest BCUT2D eigenvalue weighted by molar-refractivity contribution is 0.351. The Morgan fingerprint density at radius 2 is 1.24 bits per heavy atom. The Morgan fingerprint density at radius 1 is 0.619 bits per heavy atom. The molecule has 0 aliphatic rings. The smallest absolute Gasteiger partial charge is 0.168 e. The Morgan fingerprint density at radius 3 is 1.81 bits per heavy atom. The van der Waals surface area contributed by atoms with Crippen LogP contribution < -0.4 is 18.9 Å². The zero-order valence-electron chi connectivity index (χ0n) is 13.0. The van der Waals surface area contributed by atoms with Crippen LogP contribution in [-0.2, 0) is 0 Å². The van der Waals surface area contributed by atoms with Crippen molar-refractivity contribution in [2.24, 2.45) is 0 Å². The highest BCUT2D eigenvalue weighted by Crippen LogP contribution is 2.45. The van der Waals surface area contributed by atoms with Gasteiger partial charge in [0.05, 0.1) is 28.4 Å². The van der Waals surface area contributed by atoms with Gasteiger partial charge in [0.25, 0.3) is 0 Å². The van der Waals surface area contributed by atoms with Crippen molar-refractivity contribution in [1.82, 2.24) is 0 Å². The van der Waals surface area contributed by atoms with Crippen molar-refractivity contribution in [3.05, 3.63) is 35.9 Å². The molecule has 0 aromatic heterocycles. The summed E-state index contributed by atoms with van der Waals surface area (Å²) in [6, 6.07) is 9.74. The van der Waals surface area contributed by atoms with Crippen LogP contribution in [0.15, 0.2) is 30.3 Å².